The summed E-state index contributed by atoms with van der Waals surface area (Å²) in [5.74, 6) is -1.68. The number of carboxylic acids is 1. The van der Waals surface area contributed by atoms with E-state index in [0.717, 1.165) is 0 Å². The van der Waals surface area contributed by atoms with Gasteiger partial charge >= 0.3 is 11.9 Å². The minimum absolute atomic E-state index is 0.00334. The molecule has 110 valence electrons. The first-order valence-electron chi connectivity index (χ1n) is 6.21. The van der Waals surface area contributed by atoms with Gasteiger partial charge in [-0.1, -0.05) is 0 Å². The molecule has 2 aromatic heterocycles. The van der Waals surface area contributed by atoms with Gasteiger partial charge in [0.2, 0.25) is 0 Å². The van der Waals surface area contributed by atoms with Crippen molar-refractivity contribution in [1.29, 1.82) is 0 Å². The minimum atomic E-state index is -1.69. The van der Waals surface area contributed by atoms with E-state index in [1.54, 1.807) is 0 Å². The highest BCUT2D eigenvalue weighted by molar-refractivity contribution is 5.79. The molecular weight excluding hydrogens is 280 g/mol. The Hall–Kier alpha value is -2.55. The third-order valence-corrected chi connectivity index (χ3v) is 3.28. The van der Waals surface area contributed by atoms with E-state index in [2.05, 4.69) is 15.0 Å². The molecule has 0 aromatic carbocycles. The zero-order chi connectivity index (χ0) is 15.0. The average Bonchev–Trinajstić information content (AvgIpc) is 3.02. The van der Waals surface area contributed by atoms with E-state index in [0.29, 0.717) is 11.2 Å². The predicted molar refractivity (Wildman–Crippen MR) is 67.1 cm³/mol. The molecule has 1 saturated heterocycles. The lowest BCUT2D eigenvalue weighted by Gasteiger charge is -2.24. The Morgan fingerprint density at radius 1 is 1.52 bits per heavy atom. The third kappa shape index (κ3) is 2.11. The highest BCUT2D eigenvalue weighted by atomic mass is 16.6. The molecule has 21 heavy (non-hydrogen) atoms. The molecule has 2 unspecified atom stereocenters. The van der Waals surface area contributed by atoms with Crippen LogP contribution in [0.2, 0.25) is 0 Å². The second kappa shape index (κ2) is 4.77. The van der Waals surface area contributed by atoms with Gasteiger partial charge in [-0.05, 0) is 0 Å². The van der Waals surface area contributed by atoms with Crippen LogP contribution in [0.25, 0.3) is 11.2 Å². The summed E-state index contributed by atoms with van der Waals surface area (Å²) in [7, 11) is 0. The first-order chi connectivity index (χ1) is 10.0. The zero-order valence-electron chi connectivity index (χ0n) is 11.1. The molecule has 3 heterocycles. The number of carbonyl (C=O) groups excluding carboxylic acids is 1. The Morgan fingerprint density at radius 2 is 2.33 bits per heavy atom. The number of nitrogens with zero attached hydrogens (tertiary/aromatic N) is 4. The largest absolute Gasteiger partial charge is 0.478 e. The summed E-state index contributed by atoms with van der Waals surface area (Å²) < 4.78 is 11.8. The van der Waals surface area contributed by atoms with Crippen LogP contribution in [0.1, 0.15) is 13.3 Å². The fourth-order valence-corrected chi connectivity index (χ4v) is 2.42. The van der Waals surface area contributed by atoms with E-state index >= 15 is 0 Å². The standard InChI is InChI=1S/C12H12N4O5/c1-7(17)21-8-2-12(11(18)19,20-4-8)16-6-15-9-3-13-5-14-10(9)16/h3,5-6,8H,2,4H2,1H3,(H,18,19). The smallest absolute Gasteiger partial charge is 0.358 e. The normalized spacial score (nSPS) is 25.1. The molecule has 0 aliphatic carbocycles. The van der Waals surface area contributed by atoms with Crippen molar-refractivity contribution in [1.82, 2.24) is 19.5 Å². The molecule has 0 spiro atoms. The first-order valence-corrected chi connectivity index (χ1v) is 6.21. The van der Waals surface area contributed by atoms with Crippen molar-refractivity contribution in [2.24, 2.45) is 0 Å². The van der Waals surface area contributed by atoms with Crippen molar-refractivity contribution in [3.05, 3.63) is 18.9 Å². The maximum atomic E-state index is 11.7. The van der Waals surface area contributed by atoms with E-state index < -0.39 is 23.8 Å². The van der Waals surface area contributed by atoms with Gasteiger partial charge in [-0.15, -0.1) is 0 Å². The summed E-state index contributed by atoms with van der Waals surface area (Å²) in [4.78, 5) is 34.7. The molecule has 9 nitrogen and oxygen atoms in total. The Kier molecular flexibility index (Phi) is 3.05. The lowest BCUT2D eigenvalue weighted by Crippen LogP contribution is -2.41. The molecule has 2 aromatic rings. The molecule has 3 rings (SSSR count). The molecule has 1 fully saturated rings. The van der Waals surface area contributed by atoms with Crippen LogP contribution in [0.15, 0.2) is 18.9 Å². The van der Waals surface area contributed by atoms with Gasteiger partial charge in [0.15, 0.2) is 5.65 Å². The number of aliphatic carboxylic acids is 1. The van der Waals surface area contributed by atoms with Crippen molar-refractivity contribution in [2.45, 2.75) is 25.2 Å². The topological polar surface area (TPSA) is 116 Å². The van der Waals surface area contributed by atoms with Crippen LogP contribution in [-0.2, 0) is 24.8 Å². The van der Waals surface area contributed by atoms with Crippen molar-refractivity contribution in [3.63, 3.8) is 0 Å². The number of hydrogen-bond acceptors (Lipinski definition) is 7. The number of rotatable bonds is 3. The second-order valence-electron chi connectivity index (χ2n) is 4.68. The number of carbonyl (C=O) groups is 2. The van der Waals surface area contributed by atoms with Gasteiger partial charge in [0.1, 0.15) is 17.9 Å². The van der Waals surface area contributed by atoms with E-state index in [1.807, 2.05) is 0 Å². The van der Waals surface area contributed by atoms with Gasteiger partial charge in [-0.2, -0.15) is 0 Å². The van der Waals surface area contributed by atoms with E-state index in [9.17, 15) is 14.7 Å². The SMILES string of the molecule is CC(=O)OC1COC(C(=O)O)(n2cnc3cncnc32)C1. The summed E-state index contributed by atoms with van der Waals surface area (Å²) in [6, 6.07) is 0. The Balaban J connectivity index is 2.03. The molecule has 0 radical (unpaired) electrons. The quantitative estimate of drug-likeness (QED) is 0.780. The number of esters is 1. The maximum Gasteiger partial charge on any atom is 0.358 e. The van der Waals surface area contributed by atoms with E-state index in [-0.39, 0.29) is 13.0 Å². The van der Waals surface area contributed by atoms with Crippen molar-refractivity contribution >= 4 is 23.1 Å². The van der Waals surface area contributed by atoms with Crippen LogP contribution in [0.5, 0.6) is 0 Å². The van der Waals surface area contributed by atoms with Crippen LogP contribution in [0.4, 0.5) is 0 Å². The molecule has 1 aliphatic heterocycles. The fourth-order valence-electron chi connectivity index (χ4n) is 2.42. The zero-order valence-corrected chi connectivity index (χ0v) is 11.1. The molecule has 2 atom stereocenters. The Bertz CT molecular complexity index is 714. The Labute approximate surface area is 118 Å². The van der Waals surface area contributed by atoms with Gasteiger partial charge < -0.3 is 14.6 Å². The monoisotopic (exact) mass is 292 g/mol. The lowest BCUT2D eigenvalue weighted by atomic mass is 10.1. The van der Waals surface area contributed by atoms with Gasteiger partial charge in [-0.25, -0.2) is 19.7 Å². The summed E-state index contributed by atoms with van der Waals surface area (Å²) >= 11 is 0. The maximum absolute atomic E-state index is 11.7. The van der Waals surface area contributed by atoms with Gasteiger partial charge in [-0.3, -0.25) is 9.36 Å². The number of imidazole rings is 1. The summed E-state index contributed by atoms with van der Waals surface area (Å²) in [6.45, 7) is 1.26. The fraction of sp³-hybridized carbons (Fsp3) is 0.417. The van der Waals surface area contributed by atoms with Gasteiger partial charge in [0.25, 0.3) is 5.72 Å². The molecular formula is C12H12N4O5. The lowest BCUT2D eigenvalue weighted by molar-refractivity contribution is -0.172. The number of ether oxygens (including phenoxy) is 2. The Morgan fingerprint density at radius 3 is 3.05 bits per heavy atom. The minimum Gasteiger partial charge on any atom is -0.478 e. The average molecular weight is 292 g/mol. The molecule has 9 heteroatoms. The van der Waals surface area contributed by atoms with E-state index in [4.69, 9.17) is 9.47 Å². The molecule has 0 saturated carbocycles. The van der Waals surface area contributed by atoms with Crippen LogP contribution in [0, 0.1) is 0 Å². The van der Waals surface area contributed by atoms with Crippen molar-refractivity contribution in [3.8, 4) is 0 Å². The van der Waals surface area contributed by atoms with Crippen molar-refractivity contribution < 1.29 is 24.2 Å². The molecule has 0 bridgehead atoms. The second-order valence-corrected chi connectivity index (χ2v) is 4.68. The van der Waals surface area contributed by atoms with Crippen LogP contribution in [-0.4, -0.2) is 49.3 Å². The highest BCUT2D eigenvalue weighted by Crippen LogP contribution is 2.34. The molecule has 1 aliphatic rings. The summed E-state index contributed by atoms with van der Waals surface area (Å²) in [5.41, 5.74) is -0.892. The summed E-state index contributed by atoms with van der Waals surface area (Å²) in [6.07, 6.45) is 3.47. The molecule has 1 N–H and O–H groups in total. The summed E-state index contributed by atoms with van der Waals surface area (Å²) in [5, 5.41) is 9.59. The number of fused-ring (bicyclic) bond motifs is 1. The number of hydrogen-bond donors (Lipinski definition) is 1. The van der Waals surface area contributed by atoms with E-state index in [1.165, 1.54) is 30.3 Å². The van der Waals surface area contributed by atoms with Crippen LogP contribution < -0.4 is 0 Å². The van der Waals surface area contributed by atoms with Gasteiger partial charge in [0.05, 0.1) is 19.1 Å². The predicted octanol–water partition coefficient (Wildman–Crippen LogP) is -0.0843. The number of aromatic nitrogens is 4. The number of carboxylic acid groups (broad SMARTS) is 1. The highest BCUT2D eigenvalue weighted by Gasteiger charge is 2.51. The first kappa shape index (κ1) is 13.4. The van der Waals surface area contributed by atoms with Crippen LogP contribution >= 0.6 is 0 Å². The third-order valence-electron chi connectivity index (χ3n) is 3.28. The van der Waals surface area contributed by atoms with Crippen LogP contribution in [0.3, 0.4) is 0 Å². The van der Waals surface area contributed by atoms with Gasteiger partial charge in [0, 0.05) is 13.3 Å². The van der Waals surface area contributed by atoms with Crippen molar-refractivity contribution in [2.75, 3.05) is 6.61 Å². The molecule has 0 amide bonds.